The van der Waals surface area contributed by atoms with Gasteiger partial charge in [0.15, 0.2) is 0 Å². The highest BCUT2D eigenvalue weighted by Gasteiger charge is 2.13. The maximum absolute atomic E-state index is 13.1. The van der Waals surface area contributed by atoms with Crippen molar-refractivity contribution >= 4 is 26.0 Å². The average Bonchev–Trinajstić information content (AvgIpc) is 2.40. The Hall–Kier alpha value is -1.24. The van der Waals surface area contributed by atoms with Gasteiger partial charge in [-0.1, -0.05) is 18.2 Å². The van der Waals surface area contributed by atoms with Gasteiger partial charge in [0, 0.05) is 6.54 Å². The van der Waals surface area contributed by atoms with Gasteiger partial charge in [0.25, 0.3) is 0 Å². The van der Waals surface area contributed by atoms with Crippen molar-refractivity contribution in [2.24, 2.45) is 0 Å². The van der Waals surface area contributed by atoms with Gasteiger partial charge in [-0.2, -0.15) is 0 Å². The molecule has 2 rings (SSSR count). The number of hydrogen-bond acceptors (Lipinski definition) is 2. The first-order valence-corrected chi connectivity index (χ1v) is 8.16. The first-order chi connectivity index (χ1) is 9.38. The van der Waals surface area contributed by atoms with E-state index in [1.807, 2.05) is 13.0 Å². The molecule has 0 fully saturated rings. The minimum absolute atomic E-state index is 0.106. The van der Waals surface area contributed by atoms with E-state index < -0.39 is 10.0 Å². The predicted molar refractivity (Wildman–Crippen MR) is 79.3 cm³/mol. The second-order valence-corrected chi connectivity index (χ2v) is 7.01. The molecule has 2 aromatic carbocycles. The number of rotatable bonds is 4. The Balaban J connectivity index is 2.15. The summed E-state index contributed by atoms with van der Waals surface area (Å²) in [6, 6.07) is 11.0. The second kappa shape index (κ2) is 6.03. The third-order valence-electron chi connectivity index (χ3n) is 2.75. The molecular formula is C14H13BrFNO2S. The first-order valence-electron chi connectivity index (χ1n) is 5.89. The van der Waals surface area contributed by atoms with Crippen LogP contribution in [0.5, 0.6) is 0 Å². The fraction of sp³-hybridized carbons (Fsp3) is 0.143. The van der Waals surface area contributed by atoms with E-state index in [4.69, 9.17) is 0 Å². The van der Waals surface area contributed by atoms with Gasteiger partial charge in [-0.15, -0.1) is 0 Å². The van der Waals surface area contributed by atoms with Crippen molar-refractivity contribution in [2.45, 2.75) is 18.4 Å². The van der Waals surface area contributed by atoms with E-state index in [0.29, 0.717) is 10.0 Å². The standard InChI is InChI=1S/C14H13BrFNO2S/c1-10-3-2-4-12(7-10)20(18,19)17-9-11-5-6-14(16)13(15)8-11/h2-8,17H,9H2,1H3. The number of nitrogens with one attached hydrogen (secondary N) is 1. The van der Waals surface area contributed by atoms with E-state index in [1.54, 1.807) is 24.3 Å². The molecule has 1 N–H and O–H groups in total. The third kappa shape index (κ3) is 3.65. The molecule has 0 aliphatic rings. The average molecular weight is 358 g/mol. The number of hydrogen-bond donors (Lipinski definition) is 1. The highest BCUT2D eigenvalue weighted by Crippen LogP contribution is 2.17. The molecule has 106 valence electrons. The van der Waals surface area contributed by atoms with Gasteiger partial charge in [-0.05, 0) is 58.2 Å². The maximum atomic E-state index is 13.1. The van der Waals surface area contributed by atoms with Gasteiger partial charge in [0.2, 0.25) is 10.0 Å². The molecular weight excluding hydrogens is 345 g/mol. The lowest BCUT2D eigenvalue weighted by Crippen LogP contribution is -2.23. The molecule has 0 radical (unpaired) electrons. The Bertz CT molecular complexity index is 732. The molecule has 0 amide bonds. The van der Waals surface area contributed by atoms with E-state index in [9.17, 15) is 12.8 Å². The summed E-state index contributed by atoms with van der Waals surface area (Å²) in [5.74, 6) is -0.379. The van der Waals surface area contributed by atoms with Crippen LogP contribution in [0.15, 0.2) is 51.8 Å². The van der Waals surface area contributed by atoms with E-state index in [-0.39, 0.29) is 17.3 Å². The van der Waals surface area contributed by atoms with Crippen molar-refractivity contribution in [3.05, 3.63) is 63.9 Å². The zero-order valence-corrected chi connectivity index (χ0v) is 13.1. The van der Waals surface area contributed by atoms with Crippen LogP contribution in [0.1, 0.15) is 11.1 Å². The van der Waals surface area contributed by atoms with Crippen LogP contribution in [-0.2, 0) is 16.6 Å². The van der Waals surface area contributed by atoms with Crippen molar-refractivity contribution in [2.75, 3.05) is 0 Å². The smallest absolute Gasteiger partial charge is 0.207 e. The Morgan fingerprint density at radius 3 is 2.60 bits per heavy atom. The third-order valence-corrected chi connectivity index (χ3v) is 4.76. The molecule has 0 aliphatic carbocycles. The van der Waals surface area contributed by atoms with Crippen LogP contribution in [0, 0.1) is 12.7 Å². The van der Waals surface area contributed by atoms with Gasteiger partial charge < -0.3 is 0 Å². The normalized spacial score (nSPS) is 11.6. The molecule has 6 heteroatoms. The van der Waals surface area contributed by atoms with Crippen LogP contribution in [0.25, 0.3) is 0 Å². The number of sulfonamides is 1. The van der Waals surface area contributed by atoms with Crippen LogP contribution >= 0.6 is 15.9 Å². The zero-order valence-electron chi connectivity index (χ0n) is 10.7. The van der Waals surface area contributed by atoms with E-state index >= 15 is 0 Å². The quantitative estimate of drug-likeness (QED) is 0.911. The summed E-state index contributed by atoms with van der Waals surface area (Å²) in [4.78, 5) is 0.221. The lowest BCUT2D eigenvalue weighted by Gasteiger charge is -2.08. The topological polar surface area (TPSA) is 46.2 Å². The van der Waals surface area contributed by atoms with Gasteiger partial charge in [0.05, 0.1) is 9.37 Å². The molecule has 0 spiro atoms. The van der Waals surface area contributed by atoms with Crippen molar-refractivity contribution in [3.8, 4) is 0 Å². The van der Waals surface area contributed by atoms with Crippen LogP contribution in [0.2, 0.25) is 0 Å². The van der Waals surface area contributed by atoms with Crippen molar-refractivity contribution in [1.29, 1.82) is 0 Å². The Labute approximate surface area is 126 Å². The molecule has 20 heavy (non-hydrogen) atoms. The fourth-order valence-electron chi connectivity index (χ4n) is 1.69. The monoisotopic (exact) mass is 357 g/mol. The fourth-order valence-corrected chi connectivity index (χ4v) is 3.24. The molecule has 0 atom stereocenters. The zero-order chi connectivity index (χ0) is 14.8. The predicted octanol–water partition coefficient (Wildman–Crippen LogP) is 3.38. The van der Waals surface area contributed by atoms with Gasteiger partial charge in [-0.25, -0.2) is 17.5 Å². The molecule has 3 nitrogen and oxygen atoms in total. The summed E-state index contributed by atoms with van der Waals surface area (Å²) < 4.78 is 40.1. The van der Waals surface area contributed by atoms with E-state index in [2.05, 4.69) is 20.7 Å². The van der Waals surface area contributed by atoms with Gasteiger partial charge >= 0.3 is 0 Å². The summed E-state index contributed by atoms with van der Waals surface area (Å²) in [5, 5.41) is 0. The summed E-state index contributed by atoms with van der Waals surface area (Å²) in [7, 11) is -3.56. The van der Waals surface area contributed by atoms with E-state index in [1.165, 1.54) is 12.1 Å². The number of aryl methyl sites for hydroxylation is 1. The summed E-state index contributed by atoms with van der Waals surface area (Å²) >= 11 is 3.07. The van der Waals surface area contributed by atoms with Gasteiger partial charge in [0.1, 0.15) is 5.82 Å². The van der Waals surface area contributed by atoms with Crippen molar-refractivity contribution < 1.29 is 12.8 Å². The van der Waals surface area contributed by atoms with Crippen LogP contribution in [0.3, 0.4) is 0 Å². The molecule has 0 saturated heterocycles. The summed E-state index contributed by atoms with van der Waals surface area (Å²) in [6.07, 6.45) is 0. The minimum atomic E-state index is -3.56. The largest absolute Gasteiger partial charge is 0.240 e. The number of benzene rings is 2. The molecule has 0 heterocycles. The lowest BCUT2D eigenvalue weighted by molar-refractivity contribution is 0.581. The Morgan fingerprint density at radius 1 is 1.20 bits per heavy atom. The van der Waals surface area contributed by atoms with Crippen LogP contribution in [-0.4, -0.2) is 8.42 Å². The summed E-state index contributed by atoms with van der Waals surface area (Å²) in [5.41, 5.74) is 1.55. The highest BCUT2D eigenvalue weighted by molar-refractivity contribution is 9.10. The van der Waals surface area contributed by atoms with Crippen LogP contribution in [0.4, 0.5) is 4.39 Å². The lowest BCUT2D eigenvalue weighted by atomic mass is 10.2. The molecule has 0 aromatic heterocycles. The SMILES string of the molecule is Cc1cccc(S(=O)(=O)NCc2ccc(F)c(Br)c2)c1. The first kappa shape index (κ1) is 15.2. The van der Waals surface area contributed by atoms with Crippen molar-refractivity contribution in [1.82, 2.24) is 4.72 Å². The molecule has 0 aliphatic heterocycles. The van der Waals surface area contributed by atoms with Crippen molar-refractivity contribution in [3.63, 3.8) is 0 Å². The summed E-state index contributed by atoms with van der Waals surface area (Å²) in [6.45, 7) is 1.94. The molecule has 0 unspecified atom stereocenters. The molecule has 0 bridgehead atoms. The molecule has 2 aromatic rings. The van der Waals surface area contributed by atoms with E-state index in [0.717, 1.165) is 5.56 Å². The minimum Gasteiger partial charge on any atom is -0.207 e. The maximum Gasteiger partial charge on any atom is 0.240 e. The Kier molecular flexibility index (Phi) is 4.57. The molecule has 0 saturated carbocycles. The van der Waals surface area contributed by atoms with Crippen LogP contribution < -0.4 is 4.72 Å². The second-order valence-electron chi connectivity index (χ2n) is 4.39. The Morgan fingerprint density at radius 2 is 1.95 bits per heavy atom. The number of halogens is 2. The van der Waals surface area contributed by atoms with Gasteiger partial charge in [-0.3, -0.25) is 0 Å². The highest BCUT2D eigenvalue weighted by atomic mass is 79.9.